The molecule has 0 amide bonds. The van der Waals surface area contributed by atoms with E-state index in [1.165, 1.54) is 19.2 Å². The van der Waals surface area contributed by atoms with Crippen molar-refractivity contribution in [2.24, 2.45) is 0 Å². The Morgan fingerprint density at radius 2 is 1.73 bits per heavy atom. The van der Waals surface area contributed by atoms with Gasteiger partial charge in [0.1, 0.15) is 5.75 Å². The van der Waals surface area contributed by atoms with Crippen LogP contribution in [0.25, 0.3) is 0 Å². The minimum absolute atomic E-state index is 0.0468. The lowest BCUT2D eigenvalue weighted by atomic mass is 9.97. The summed E-state index contributed by atoms with van der Waals surface area (Å²) in [6, 6.07) is 6.27. The molecular weight excluding hydrogens is 356 g/mol. The van der Waals surface area contributed by atoms with Crippen LogP contribution in [0.4, 0.5) is 5.88 Å². The first kappa shape index (κ1) is 18.7. The fourth-order valence-electron chi connectivity index (χ4n) is 2.63. The van der Waals surface area contributed by atoms with Gasteiger partial charge in [-0.15, -0.1) is 0 Å². The van der Waals surface area contributed by atoms with Crippen LogP contribution < -0.4 is 9.64 Å². The number of rotatable bonds is 4. The fraction of sp³-hybridized carbons (Fsp3) is 0.500. The topological polar surface area (TPSA) is 81.9 Å². The van der Waals surface area contributed by atoms with Crippen molar-refractivity contribution in [2.45, 2.75) is 36.1 Å². The summed E-state index contributed by atoms with van der Waals surface area (Å²) in [7, 11) is -2.29. The Balaban J connectivity index is 2.10. The smallest absolute Gasteiger partial charge is 0.236 e. The molecule has 2 aromatic rings. The molecule has 1 aromatic heterocycles. The first-order valence-corrected chi connectivity index (χ1v) is 9.95. The van der Waals surface area contributed by atoms with Crippen molar-refractivity contribution in [3.63, 3.8) is 0 Å². The van der Waals surface area contributed by atoms with Crippen LogP contribution >= 0.6 is 0 Å². The summed E-state index contributed by atoms with van der Waals surface area (Å²) in [5.74, 6) is 1.27. The van der Waals surface area contributed by atoms with Crippen LogP contribution in [0.5, 0.6) is 5.75 Å². The lowest BCUT2D eigenvalue weighted by molar-refractivity contribution is 0.120. The Hall–Kier alpha value is -2.06. The minimum Gasteiger partial charge on any atom is -0.497 e. The van der Waals surface area contributed by atoms with Gasteiger partial charge in [0, 0.05) is 18.5 Å². The molecule has 7 nitrogen and oxygen atoms in total. The Bertz CT molecular complexity index is 860. The molecule has 142 valence electrons. The number of nitrogens with zero attached hydrogens (tertiary/aromatic N) is 2. The van der Waals surface area contributed by atoms with Gasteiger partial charge in [0.05, 0.1) is 25.2 Å². The number of aromatic nitrogens is 1. The summed E-state index contributed by atoms with van der Waals surface area (Å²) < 4.78 is 42.8. The van der Waals surface area contributed by atoms with Gasteiger partial charge in [0.25, 0.3) is 0 Å². The first-order chi connectivity index (χ1) is 12.2. The Morgan fingerprint density at radius 3 is 2.27 bits per heavy atom. The SMILES string of the molecule is COc1ccc(S(=O)(=O)c2nc(C(C)(C)C)oc2N2CCOCC2)cc1. The summed E-state index contributed by atoms with van der Waals surface area (Å²) in [5.41, 5.74) is -0.408. The maximum absolute atomic E-state index is 13.2. The first-order valence-electron chi connectivity index (χ1n) is 8.46. The highest BCUT2D eigenvalue weighted by atomic mass is 32.2. The van der Waals surface area contributed by atoms with Gasteiger partial charge in [-0.1, -0.05) is 20.8 Å². The third kappa shape index (κ3) is 3.57. The molecule has 0 aliphatic carbocycles. The Morgan fingerprint density at radius 1 is 1.12 bits per heavy atom. The second-order valence-corrected chi connectivity index (χ2v) is 9.02. The van der Waals surface area contributed by atoms with E-state index < -0.39 is 15.3 Å². The van der Waals surface area contributed by atoms with Crippen LogP contribution in [0.15, 0.2) is 38.6 Å². The lowest BCUT2D eigenvalue weighted by Gasteiger charge is -2.26. The molecule has 0 bridgehead atoms. The van der Waals surface area contributed by atoms with Crippen LogP contribution in [-0.2, 0) is 20.0 Å². The zero-order valence-electron chi connectivity index (χ0n) is 15.5. The molecule has 0 unspecified atom stereocenters. The average molecular weight is 380 g/mol. The van der Waals surface area contributed by atoms with Crippen molar-refractivity contribution in [2.75, 3.05) is 38.3 Å². The van der Waals surface area contributed by atoms with E-state index in [2.05, 4.69) is 4.98 Å². The van der Waals surface area contributed by atoms with Crippen LogP contribution in [0.1, 0.15) is 26.7 Å². The summed E-state index contributed by atoms with van der Waals surface area (Å²) in [5, 5.41) is -0.0468. The van der Waals surface area contributed by atoms with Crippen molar-refractivity contribution in [1.82, 2.24) is 4.98 Å². The van der Waals surface area contributed by atoms with Crippen molar-refractivity contribution in [3.8, 4) is 5.75 Å². The van der Waals surface area contributed by atoms with Gasteiger partial charge >= 0.3 is 0 Å². The number of oxazole rings is 1. The van der Waals surface area contributed by atoms with E-state index in [-0.39, 0.29) is 15.8 Å². The number of sulfone groups is 1. The number of hydrogen-bond acceptors (Lipinski definition) is 7. The molecule has 0 atom stereocenters. The number of benzene rings is 1. The number of anilines is 1. The maximum Gasteiger partial charge on any atom is 0.236 e. The van der Waals surface area contributed by atoms with Crippen molar-refractivity contribution in [3.05, 3.63) is 30.2 Å². The van der Waals surface area contributed by atoms with Gasteiger partial charge in [-0.25, -0.2) is 8.42 Å². The average Bonchev–Trinajstić information content (AvgIpc) is 3.09. The van der Waals surface area contributed by atoms with Crippen LogP contribution in [0, 0.1) is 0 Å². The molecule has 0 spiro atoms. The second kappa shape index (κ2) is 6.92. The highest BCUT2D eigenvalue weighted by molar-refractivity contribution is 7.91. The second-order valence-electron chi connectivity index (χ2n) is 7.16. The normalized spacial score (nSPS) is 15.9. The lowest BCUT2D eigenvalue weighted by Crippen LogP contribution is -2.36. The molecule has 0 N–H and O–H groups in total. The van der Waals surface area contributed by atoms with Gasteiger partial charge in [-0.3, -0.25) is 0 Å². The van der Waals surface area contributed by atoms with E-state index in [1.807, 2.05) is 25.7 Å². The Labute approximate surface area is 153 Å². The molecule has 1 aromatic carbocycles. The molecule has 1 saturated heterocycles. The zero-order chi connectivity index (χ0) is 18.9. The third-order valence-corrected chi connectivity index (χ3v) is 5.81. The standard InChI is InChI=1S/C18H24N2O5S/c1-18(2,3)17-19-15(16(25-17)20-9-11-24-12-10-20)26(21,22)14-7-5-13(23-4)6-8-14/h5-8H,9-12H2,1-4H3. The minimum atomic E-state index is -3.83. The van der Waals surface area contributed by atoms with Gasteiger partial charge in [0.2, 0.25) is 26.6 Å². The molecule has 0 saturated carbocycles. The molecule has 0 radical (unpaired) electrons. The highest BCUT2D eigenvalue weighted by Gasteiger charge is 2.34. The van der Waals surface area contributed by atoms with Crippen LogP contribution in [0.3, 0.4) is 0 Å². The third-order valence-electron chi connectivity index (χ3n) is 4.14. The predicted molar refractivity (Wildman–Crippen MR) is 96.7 cm³/mol. The highest BCUT2D eigenvalue weighted by Crippen LogP contribution is 2.35. The summed E-state index contributed by atoms with van der Waals surface area (Å²) in [6.45, 7) is 7.97. The number of ether oxygens (including phenoxy) is 2. The van der Waals surface area contributed by atoms with Crippen LogP contribution in [-0.4, -0.2) is 46.8 Å². The molecule has 1 aliphatic rings. The molecule has 3 rings (SSSR count). The number of methoxy groups -OCH3 is 1. The number of hydrogen-bond donors (Lipinski definition) is 0. The molecule has 26 heavy (non-hydrogen) atoms. The fourth-order valence-corrected chi connectivity index (χ4v) is 3.95. The summed E-state index contributed by atoms with van der Waals surface area (Å²) in [4.78, 5) is 6.41. The van der Waals surface area contributed by atoms with Crippen molar-refractivity contribution in [1.29, 1.82) is 0 Å². The Kier molecular flexibility index (Phi) is 4.98. The van der Waals surface area contributed by atoms with Gasteiger partial charge in [-0.2, -0.15) is 4.98 Å². The van der Waals surface area contributed by atoms with Gasteiger partial charge in [0.15, 0.2) is 0 Å². The quantitative estimate of drug-likeness (QED) is 0.806. The van der Waals surface area contributed by atoms with Gasteiger partial charge in [-0.05, 0) is 24.3 Å². The van der Waals surface area contributed by atoms with Crippen LogP contribution in [0.2, 0.25) is 0 Å². The molecular formula is C18H24N2O5S. The van der Waals surface area contributed by atoms with E-state index in [0.717, 1.165) is 0 Å². The van der Waals surface area contributed by atoms with E-state index >= 15 is 0 Å². The van der Waals surface area contributed by atoms with Gasteiger partial charge < -0.3 is 18.8 Å². The predicted octanol–water partition coefficient (Wildman–Crippen LogP) is 2.65. The summed E-state index contributed by atoms with van der Waals surface area (Å²) in [6.07, 6.45) is 0. The van der Waals surface area contributed by atoms with E-state index in [9.17, 15) is 8.42 Å². The van der Waals surface area contributed by atoms with Crippen molar-refractivity contribution < 1.29 is 22.3 Å². The largest absolute Gasteiger partial charge is 0.497 e. The van der Waals surface area contributed by atoms with E-state index in [4.69, 9.17) is 13.9 Å². The zero-order valence-corrected chi connectivity index (χ0v) is 16.3. The number of morpholine rings is 1. The molecule has 1 fully saturated rings. The summed E-state index contributed by atoms with van der Waals surface area (Å²) >= 11 is 0. The maximum atomic E-state index is 13.2. The molecule has 2 heterocycles. The van der Waals surface area contributed by atoms with Crippen molar-refractivity contribution >= 4 is 15.7 Å². The van der Waals surface area contributed by atoms with E-state index in [1.54, 1.807) is 12.1 Å². The molecule has 8 heteroatoms. The monoisotopic (exact) mass is 380 g/mol. The van der Waals surface area contributed by atoms with E-state index in [0.29, 0.717) is 37.9 Å². The molecule has 1 aliphatic heterocycles.